The van der Waals surface area contributed by atoms with E-state index >= 15 is 0 Å². The number of hydrogen-bond acceptors (Lipinski definition) is 8. The van der Waals surface area contributed by atoms with Crippen LogP contribution in [0, 0.1) is 0 Å². The number of hydrogen-bond donors (Lipinski definition) is 1. The Morgan fingerprint density at radius 3 is 1.34 bits per heavy atom. The lowest BCUT2D eigenvalue weighted by Gasteiger charge is -2.29. The van der Waals surface area contributed by atoms with E-state index in [4.69, 9.17) is 22.6 Å². The van der Waals surface area contributed by atoms with Gasteiger partial charge >= 0.3 is 21.4 Å². The molecule has 0 unspecified atom stereocenters. The summed E-state index contributed by atoms with van der Waals surface area (Å²) in [5.74, 6) is -1.03. The number of phosphoric ester groups is 1. The van der Waals surface area contributed by atoms with E-state index < -0.39 is 26.8 Å². The van der Waals surface area contributed by atoms with E-state index in [1.165, 1.54) is 18.2 Å². The lowest BCUT2D eigenvalue weighted by atomic mass is 9.81. The van der Waals surface area contributed by atoms with Gasteiger partial charge in [-0.1, -0.05) is 135 Å². The van der Waals surface area contributed by atoms with Crippen molar-refractivity contribution in [2.24, 2.45) is 0 Å². The van der Waals surface area contributed by atoms with Crippen molar-refractivity contribution in [2.45, 2.75) is 52.1 Å². The number of benzene rings is 5. The number of carbonyl (C=O) groups is 1. The van der Waals surface area contributed by atoms with E-state index in [0.29, 0.717) is 5.56 Å². The molecular weight excluding hydrogens is 674 g/mol. The van der Waals surface area contributed by atoms with Crippen molar-refractivity contribution in [1.29, 1.82) is 0 Å². The Morgan fingerprint density at radius 2 is 0.960 bits per heavy atom. The maximum absolute atomic E-state index is 14.7. The second-order valence-electron chi connectivity index (χ2n) is 12.2. The molecular formula is C39H40O9P2. The largest absolute Gasteiger partial charge is 0.530 e. The third kappa shape index (κ3) is 10.6. The Kier molecular flexibility index (Phi) is 12.6. The van der Waals surface area contributed by atoms with Crippen LogP contribution in [0.5, 0.6) is 5.75 Å². The van der Waals surface area contributed by atoms with E-state index in [2.05, 4.69) is 0 Å². The number of aliphatic carboxylic acids is 1. The van der Waals surface area contributed by atoms with Crippen LogP contribution in [0.3, 0.4) is 0 Å². The molecule has 0 saturated heterocycles. The molecule has 0 heterocycles. The van der Waals surface area contributed by atoms with Gasteiger partial charge in [-0.3, -0.25) is 18.4 Å². The van der Waals surface area contributed by atoms with E-state index in [-0.39, 0.29) is 43.9 Å². The van der Waals surface area contributed by atoms with Gasteiger partial charge in [0.2, 0.25) is 0 Å². The van der Waals surface area contributed by atoms with Gasteiger partial charge < -0.3 is 18.7 Å². The summed E-state index contributed by atoms with van der Waals surface area (Å²) in [4.78, 5) is 12.1. The molecule has 0 amide bonds. The Balaban J connectivity index is 1.52. The van der Waals surface area contributed by atoms with Crippen molar-refractivity contribution >= 4 is 26.7 Å². The average molecular weight is 715 g/mol. The molecule has 0 radical (unpaired) electrons. The number of rotatable bonds is 18. The zero-order valence-electron chi connectivity index (χ0n) is 27.9. The van der Waals surface area contributed by atoms with Crippen LogP contribution >= 0.6 is 15.4 Å². The molecule has 5 aromatic carbocycles. The predicted molar refractivity (Wildman–Crippen MR) is 192 cm³/mol. The van der Waals surface area contributed by atoms with Gasteiger partial charge in [0.25, 0.3) is 0 Å². The molecule has 50 heavy (non-hydrogen) atoms. The molecule has 9 nitrogen and oxygen atoms in total. The summed E-state index contributed by atoms with van der Waals surface area (Å²) in [6.45, 7) is 3.25. The molecule has 0 atom stereocenters. The first-order chi connectivity index (χ1) is 24.0. The molecule has 5 aromatic rings. The predicted octanol–water partition coefficient (Wildman–Crippen LogP) is 9.61. The molecule has 0 bridgehead atoms. The maximum Gasteiger partial charge on any atom is 0.530 e. The van der Waals surface area contributed by atoms with E-state index in [0.717, 1.165) is 22.3 Å². The molecule has 0 saturated carbocycles. The third-order valence-electron chi connectivity index (χ3n) is 7.76. The molecule has 5 rings (SSSR count). The third-order valence-corrected chi connectivity index (χ3v) is 10.9. The van der Waals surface area contributed by atoms with E-state index in [9.17, 15) is 19.0 Å². The van der Waals surface area contributed by atoms with Gasteiger partial charge in [-0.25, -0.2) is 4.57 Å². The highest BCUT2D eigenvalue weighted by Gasteiger charge is 2.37. The van der Waals surface area contributed by atoms with Gasteiger partial charge in [-0.05, 0) is 40.5 Å². The van der Waals surface area contributed by atoms with Gasteiger partial charge in [0.1, 0.15) is 5.75 Å². The van der Waals surface area contributed by atoms with Gasteiger partial charge in [-0.2, -0.15) is 0 Å². The molecule has 0 spiro atoms. The van der Waals surface area contributed by atoms with Crippen LogP contribution in [-0.4, -0.2) is 11.1 Å². The smallest absolute Gasteiger partial charge is 0.481 e. The Labute approximate surface area is 292 Å². The van der Waals surface area contributed by atoms with Crippen LogP contribution in [0.2, 0.25) is 0 Å². The molecule has 0 aliphatic carbocycles. The summed E-state index contributed by atoms with van der Waals surface area (Å²) in [6.07, 6.45) is -0.326. The van der Waals surface area contributed by atoms with Crippen molar-refractivity contribution < 1.29 is 41.6 Å². The average Bonchev–Trinajstić information content (AvgIpc) is 3.13. The van der Waals surface area contributed by atoms with Gasteiger partial charge in [0.15, 0.2) is 0 Å². The highest BCUT2D eigenvalue weighted by molar-refractivity contribution is 7.62. The highest BCUT2D eigenvalue weighted by Crippen LogP contribution is 2.54. The fourth-order valence-electron chi connectivity index (χ4n) is 5.09. The van der Waals surface area contributed by atoms with Crippen LogP contribution in [0.25, 0.3) is 0 Å². The van der Waals surface area contributed by atoms with Crippen LogP contribution in [-0.2, 0) is 63.9 Å². The molecule has 0 aliphatic heterocycles. The van der Waals surface area contributed by atoms with Gasteiger partial charge in [-0.15, -0.1) is 0 Å². The molecule has 1 N–H and O–H groups in total. The lowest BCUT2D eigenvalue weighted by Crippen LogP contribution is -2.25. The number of carboxylic acids is 1. The van der Waals surface area contributed by atoms with Crippen LogP contribution in [0.4, 0.5) is 0 Å². The summed E-state index contributed by atoms with van der Waals surface area (Å²) in [7, 11) is -8.39. The topological polar surface area (TPSA) is 118 Å². The van der Waals surface area contributed by atoms with Crippen LogP contribution in [0.1, 0.15) is 48.1 Å². The molecule has 0 fully saturated rings. The highest BCUT2D eigenvalue weighted by atomic mass is 31.2. The quantitative estimate of drug-likeness (QED) is 0.0886. The first-order valence-electron chi connectivity index (χ1n) is 16.0. The summed E-state index contributed by atoms with van der Waals surface area (Å²) >= 11 is 0. The molecule has 260 valence electrons. The fourth-order valence-corrected chi connectivity index (χ4v) is 7.84. The van der Waals surface area contributed by atoms with Gasteiger partial charge in [0.05, 0.1) is 38.2 Å². The minimum Gasteiger partial charge on any atom is -0.481 e. The van der Waals surface area contributed by atoms with Crippen molar-refractivity contribution in [3.8, 4) is 5.75 Å². The zero-order valence-corrected chi connectivity index (χ0v) is 29.7. The number of phosphoric acid groups is 1. The molecule has 0 aliphatic rings. The lowest BCUT2D eigenvalue weighted by molar-refractivity contribution is -0.138. The van der Waals surface area contributed by atoms with Crippen LogP contribution in [0.15, 0.2) is 140 Å². The normalized spacial score (nSPS) is 12.0. The SMILES string of the molecule is CC(C)(CC(=O)O)c1cc(P(=O)(OCc2ccccc2)OCc2ccccc2)ccc1OP(=O)(OCc1ccccc1)OCc1ccccc1. The molecule has 11 heteroatoms. The second kappa shape index (κ2) is 17.1. The van der Waals surface area contributed by atoms with Crippen molar-refractivity contribution in [3.05, 3.63) is 167 Å². The Hall–Kier alpha value is -4.33. The Morgan fingerprint density at radius 1 is 0.580 bits per heavy atom. The minimum absolute atomic E-state index is 0.00509. The summed E-state index contributed by atoms with van der Waals surface area (Å²) in [5, 5.41) is 10.0. The first kappa shape index (κ1) is 36.9. The number of carboxylic acid groups (broad SMARTS) is 1. The van der Waals surface area contributed by atoms with Gasteiger partial charge in [0, 0.05) is 11.0 Å². The Bertz CT molecular complexity index is 1820. The standard InChI is InChI=1S/C39H40O9P2/c1-39(2,26-38(40)41)36-25-35(49(42,44-27-31-15-7-3-8-16-31)45-28-32-17-9-4-10-18-32)23-24-37(36)48-50(43,46-29-33-19-11-5-12-20-33)47-30-34-21-13-6-14-22-34/h3-25H,26-30H2,1-2H3,(H,40,41). The first-order valence-corrected chi connectivity index (χ1v) is 19.0. The van der Waals surface area contributed by atoms with Crippen molar-refractivity contribution in [3.63, 3.8) is 0 Å². The van der Waals surface area contributed by atoms with Crippen LogP contribution < -0.4 is 9.83 Å². The van der Waals surface area contributed by atoms with E-state index in [1.54, 1.807) is 13.8 Å². The summed E-state index contributed by atoms with van der Waals surface area (Å²) < 4.78 is 59.0. The maximum atomic E-state index is 14.7. The summed E-state index contributed by atoms with van der Waals surface area (Å²) in [6, 6.07) is 41.4. The van der Waals surface area contributed by atoms with E-state index in [1.807, 2.05) is 121 Å². The minimum atomic E-state index is -4.34. The fraction of sp³-hybridized carbons (Fsp3) is 0.205. The summed E-state index contributed by atoms with van der Waals surface area (Å²) in [5.41, 5.74) is 2.26. The van der Waals surface area contributed by atoms with Crippen molar-refractivity contribution in [1.82, 2.24) is 0 Å². The zero-order chi connectivity index (χ0) is 35.5. The molecule has 0 aromatic heterocycles. The van der Waals surface area contributed by atoms with Crippen molar-refractivity contribution in [2.75, 3.05) is 0 Å². The second-order valence-corrected chi connectivity index (χ2v) is 15.8. The monoisotopic (exact) mass is 714 g/mol.